The number of ether oxygens (including phenoxy) is 2. The van der Waals surface area contributed by atoms with Crippen molar-refractivity contribution in [3.63, 3.8) is 0 Å². The largest absolute Gasteiger partial charge is 0.466 e. The Labute approximate surface area is 116 Å². The van der Waals surface area contributed by atoms with Crippen molar-refractivity contribution < 1.29 is 23.4 Å². The lowest BCUT2D eigenvalue weighted by Gasteiger charge is -2.13. The third-order valence-electron chi connectivity index (χ3n) is 2.28. The second-order valence-corrected chi connectivity index (χ2v) is 6.65. The van der Waals surface area contributed by atoms with E-state index in [0.717, 1.165) is 10.0 Å². The highest BCUT2D eigenvalue weighted by Gasteiger charge is 2.38. The normalized spacial score (nSPS) is 11.6. The summed E-state index contributed by atoms with van der Waals surface area (Å²) in [5.41, 5.74) is 0.895. The molecule has 0 unspecified atom stereocenters. The molecule has 0 aliphatic heterocycles. The third kappa shape index (κ3) is 4.46. The van der Waals surface area contributed by atoms with E-state index in [1.165, 1.54) is 14.2 Å². The monoisotopic (exact) mass is 339 g/mol. The van der Waals surface area contributed by atoms with Gasteiger partial charge in [-0.15, -0.1) is 0 Å². The molecule has 0 saturated heterocycles. The van der Waals surface area contributed by atoms with Crippen molar-refractivity contribution >= 4 is 23.9 Å². The van der Waals surface area contributed by atoms with Crippen molar-refractivity contribution in [3.8, 4) is 5.75 Å². The fourth-order valence-corrected chi connectivity index (χ4v) is 2.92. The van der Waals surface area contributed by atoms with E-state index in [4.69, 9.17) is 18.5 Å². The molecule has 0 aliphatic carbocycles. The average molecular weight is 340 g/mol. The molecular weight excluding hydrogens is 323 g/mol. The molecule has 0 aliphatic rings. The first-order valence-corrected chi connectivity index (χ1v) is 7.72. The van der Waals surface area contributed by atoms with E-state index < -0.39 is 7.94 Å². The first kappa shape index (κ1) is 15.8. The van der Waals surface area contributed by atoms with Crippen molar-refractivity contribution in [2.45, 2.75) is 6.16 Å². The lowest BCUT2D eigenvalue weighted by molar-refractivity contribution is 0.0506. The molecule has 0 spiro atoms. The fourth-order valence-electron chi connectivity index (χ4n) is 1.32. The quantitative estimate of drug-likeness (QED) is 0.611. The molecule has 18 heavy (non-hydrogen) atoms. The molecule has 0 bridgehead atoms. The number of hydrogen-bond acceptors (Lipinski definition) is 5. The molecule has 102 valence electrons. The van der Waals surface area contributed by atoms with Crippen molar-refractivity contribution in [1.82, 2.24) is 0 Å². The van der Waals surface area contributed by atoms with E-state index in [1.54, 1.807) is 13.2 Å². The highest BCUT2D eigenvalue weighted by atomic mass is 79.9. The Morgan fingerprint density at radius 2 is 1.89 bits per heavy atom. The zero-order chi connectivity index (χ0) is 13.6. The Morgan fingerprint density at radius 3 is 2.39 bits per heavy atom. The van der Waals surface area contributed by atoms with Crippen LogP contribution in [0.3, 0.4) is 0 Å². The number of benzene rings is 1. The third-order valence-corrected chi connectivity index (χ3v) is 4.81. The summed E-state index contributed by atoms with van der Waals surface area (Å²) in [7, 11) is 1.63. The van der Waals surface area contributed by atoms with Crippen LogP contribution in [0.5, 0.6) is 5.75 Å². The van der Waals surface area contributed by atoms with Crippen molar-refractivity contribution in [2.75, 3.05) is 28.1 Å². The van der Waals surface area contributed by atoms with Crippen molar-refractivity contribution in [1.29, 1.82) is 0 Å². The van der Waals surface area contributed by atoms with Crippen LogP contribution in [0.2, 0.25) is 0 Å². The Bertz CT molecular complexity index is 384. The van der Waals surface area contributed by atoms with Gasteiger partial charge in [-0.05, 0) is 33.6 Å². The van der Waals surface area contributed by atoms with E-state index in [-0.39, 0.29) is 6.79 Å². The van der Waals surface area contributed by atoms with E-state index in [9.17, 15) is 4.89 Å². The minimum absolute atomic E-state index is 0.186. The van der Waals surface area contributed by atoms with Crippen LogP contribution < -0.4 is 4.74 Å². The zero-order valence-electron chi connectivity index (χ0n) is 10.6. The van der Waals surface area contributed by atoms with E-state index >= 15 is 0 Å². The topological polar surface area (TPSA) is 57.2 Å². The van der Waals surface area contributed by atoms with Crippen LogP contribution in [-0.4, -0.2) is 33.0 Å². The van der Waals surface area contributed by atoms with Gasteiger partial charge in [-0.3, -0.25) is 0 Å². The molecule has 0 aromatic heterocycles. The van der Waals surface area contributed by atoms with Gasteiger partial charge in [0.2, 0.25) is 0 Å². The van der Waals surface area contributed by atoms with Gasteiger partial charge in [-0.2, -0.15) is 13.9 Å². The summed E-state index contributed by atoms with van der Waals surface area (Å²) in [6, 6.07) is 5.50. The number of hydrogen-bond donors (Lipinski definition) is 1. The van der Waals surface area contributed by atoms with Gasteiger partial charge in [0.05, 0.1) is 18.7 Å². The van der Waals surface area contributed by atoms with Gasteiger partial charge >= 0.3 is 7.94 Å². The summed E-state index contributed by atoms with van der Waals surface area (Å²) in [5, 5.41) is 0. The second kappa shape index (κ2) is 7.38. The Balaban J connectivity index is 2.78. The van der Waals surface area contributed by atoms with Crippen LogP contribution in [0.25, 0.3) is 0 Å². The fraction of sp³-hybridized carbons (Fsp3) is 0.455. The Kier molecular flexibility index (Phi) is 6.49. The van der Waals surface area contributed by atoms with Gasteiger partial charge in [-0.25, -0.2) is 0 Å². The summed E-state index contributed by atoms with van der Waals surface area (Å²) in [4.78, 5) is 9.98. The molecule has 0 radical (unpaired) electrons. The summed E-state index contributed by atoms with van der Waals surface area (Å²) < 4.78 is 21.0. The molecule has 1 N–H and O–H groups in total. The lowest BCUT2D eigenvalue weighted by atomic mass is 10.2. The van der Waals surface area contributed by atoms with Crippen LogP contribution in [0.4, 0.5) is 0 Å². The molecule has 0 fully saturated rings. The van der Waals surface area contributed by atoms with Gasteiger partial charge in [-0.1, -0.05) is 6.07 Å². The van der Waals surface area contributed by atoms with E-state index in [1.807, 2.05) is 12.1 Å². The lowest BCUT2D eigenvalue weighted by Crippen LogP contribution is -2.02. The summed E-state index contributed by atoms with van der Waals surface area (Å²) in [6.07, 6.45) is 0.323. The second-order valence-electron chi connectivity index (χ2n) is 3.48. The van der Waals surface area contributed by atoms with Gasteiger partial charge in [0.15, 0.2) is 13.0 Å². The first-order valence-electron chi connectivity index (χ1n) is 5.17. The van der Waals surface area contributed by atoms with Gasteiger partial charge < -0.3 is 9.47 Å². The van der Waals surface area contributed by atoms with Crippen molar-refractivity contribution in [3.05, 3.63) is 28.2 Å². The maximum Gasteiger partial charge on any atom is 0.412 e. The minimum atomic E-state index is -2.80. The summed E-state index contributed by atoms with van der Waals surface area (Å²) in [6.45, 7) is 0.186. The smallest absolute Gasteiger partial charge is 0.412 e. The molecule has 1 aromatic rings. The molecule has 1 aromatic carbocycles. The van der Waals surface area contributed by atoms with Gasteiger partial charge in [0, 0.05) is 7.11 Å². The zero-order valence-corrected chi connectivity index (χ0v) is 13.0. The number of halogens is 1. The van der Waals surface area contributed by atoms with E-state index in [0.29, 0.717) is 11.9 Å². The Morgan fingerprint density at radius 1 is 1.22 bits per heavy atom. The molecule has 0 atom stereocenters. The van der Waals surface area contributed by atoms with Crippen molar-refractivity contribution in [2.24, 2.45) is 0 Å². The van der Waals surface area contributed by atoms with Gasteiger partial charge in [0.1, 0.15) is 5.75 Å². The maximum absolute atomic E-state index is 9.98. The highest BCUT2D eigenvalue weighted by molar-refractivity contribution is 9.10. The maximum atomic E-state index is 9.98. The Hall–Kier alpha value is -0.230. The average Bonchev–Trinajstić information content (AvgIpc) is 2.37. The van der Waals surface area contributed by atoms with Crippen LogP contribution in [0.1, 0.15) is 5.56 Å². The molecule has 0 saturated carbocycles. The molecule has 5 nitrogen and oxygen atoms in total. The number of methoxy groups -OCH3 is 1. The molecule has 1 rings (SSSR count). The predicted molar refractivity (Wildman–Crippen MR) is 73.5 cm³/mol. The van der Waals surface area contributed by atoms with Crippen LogP contribution in [0.15, 0.2) is 22.7 Å². The van der Waals surface area contributed by atoms with Gasteiger partial charge in [0.25, 0.3) is 0 Å². The predicted octanol–water partition coefficient (Wildman–Crippen LogP) is 2.98. The van der Waals surface area contributed by atoms with E-state index in [2.05, 4.69) is 15.9 Å². The molecule has 0 heterocycles. The van der Waals surface area contributed by atoms with Crippen LogP contribution in [-0.2, 0) is 19.9 Å². The van der Waals surface area contributed by atoms with Crippen LogP contribution in [0, 0.1) is 0 Å². The SMILES string of the molecule is COCOc1ccc(C[P+](O)(OC)OC)cc1Br. The van der Waals surface area contributed by atoms with Crippen LogP contribution >= 0.6 is 23.9 Å². The molecule has 0 amide bonds. The summed E-state index contributed by atoms with van der Waals surface area (Å²) in [5.74, 6) is 0.678. The highest BCUT2D eigenvalue weighted by Crippen LogP contribution is 2.58. The molecular formula is C11H17BrO5P+. The molecule has 7 heteroatoms. The minimum Gasteiger partial charge on any atom is -0.466 e. The standard InChI is InChI=1S/C11H17BrO5P/c1-14-8-17-11-5-4-9(6-10(11)12)7-18(13,15-2)16-3/h4-6,13H,7-8H2,1-3H3/q+1. The first-order chi connectivity index (χ1) is 8.54. The number of rotatable bonds is 7. The summed E-state index contributed by atoms with van der Waals surface area (Å²) >= 11 is 3.40.